The summed E-state index contributed by atoms with van der Waals surface area (Å²) in [7, 11) is 2.77. The van der Waals surface area contributed by atoms with Gasteiger partial charge in [0.2, 0.25) is 5.91 Å². The van der Waals surface area contributed by atoms with E-state index >= 15 is 0 Å². The molecule has 1 aromatic carbocycles. The number of allylic oxidation sites excluding steroid dienone is 2. The highest BCUT2D eigenvalue weighted by Gasteiger charge is 2.31. The maximum atomic E-state index is 11.9. The molecule has 0 aliphatic carbocycles. The number of hydrogen-bond donors (Lipinski definition) is 2. The molecule has 8 heteroatoms. The Labute approximate surface area is 163 Å². The van der Waals surface area contributed by atoms with Gasteiger partial charge in [0.25, 0.3) is 0 Å². The largest absolute Gasteiger partial charge is 0.507 e. The molecule has 0 saturated heterocycles. The molecule has 0 unspecified atom stereocenters. The first-order chi connectivity index (χ1) is 13.3. The van der Waals surface area contributed by atoms with Gasteiger partial charge in [-0.3, -0.25) is 9.59 Å². The molecule has 8 nitrogen and oxygen atoms in total. The normalized spacial score (nSPS) is 13.0. The molecule has 1 amide bonds. The second-order valence-corrected chi connectivity index (χ2v) is 6.52. The first-order valence-electron chi connectivity index (χ1n) is 8.87. The van der Waals surface area contributed by atoms with Crippen molar-refractivity contribution in [2.45, 2.75) is 39.7 Å². The molecule has 0 spiro atoms. The summed E-state index contributed by atoms with van der Waals surface area (Å²) in [6, 6.07) is 0. The lowest BCUT2D eigenvalue weighted by molar-refractivity contribution is -0.141. The number of hydrogen-bond acceptors (Lipinski definition) is 7. The second-order valence-electron chi connectivity index (χ2n) is 6.52. The number of benzene rings is 1. The molecule has 152 valence electrons. The molecule has 0 radical (unpaired) electrons. The number of carbonyl (C=O) groups excluding carboxylic acids is 3. The summed E-state index contributed by atoms with van der Waals surface area (Å²) >= 11 is 0. The fourth-order valence-corrected chi connectivity index (χ4v) is 3.05. The number of esters is 2. The molecular weight excluding hydrogens is 366 g/mol. The van der Waals surface area contributed by atoms with E-state index in [4.69, 9.17) is 9.47 Å². The maximum Gasteiger partial charge on any atom is 0.342 e. The molecule has 0 saturated carbocycles. The molecular formula is C20H25NO7. The third kappa shape index (κ3) is 4.62. The summed E-state index contributed by atoms with van der Waals surface area (Å²) in [6.45, 7) is 3.66. The standard InChI is InChI=1S/C20H25NO7/c1-11(6-8-15(22)21-9-16(23)26-3)5-7-13-18(24)17-14(10-28-20(17)25)12(2)19(13)27-4/h5,24H,6-10H2,1-4H3,(H,21,22)/b11-5+. The molecule has 28 heavy (non-hydrogen) atoms. The van der Waals surface area contributed by atoms with Gasteiger partial charge in [0, 0.05) is 17.5 Å². The van der Waals surface area contributed by atoms with Crippen molar-refractivity contribution in [2.75, 3.05) is 20.8 Å². The topological polar surface area (TPSA) is 111 Å². The minimum Gasteiger partial charge on any atom is -0.507 e. The number of cyclic esters (lactones) is 1. The lowest BCUT2D eigenvalue weighted by atomic mass is 9.94. The van der Waals surface area contributed by atoms with Crippen LogP contribution in [0.15, 0.2) is 11.6 Å². The summed E-state index contributed by atoms with van der Waals surface area (Å²) in [5.74, 6) is -0.903. The van der Waals surface area contributed by atoms with E-state index in [1.54, 1.807) is 0 Å². The molecule has 2 N–H and O–H groups in total. The van der Waals surface area contributed by atoms with Gasteiger partial charge in [-0.2, -0.15) is 0 Å². The smallest absolute Gasteiger partial charge is 0.342 e. The SMILES string of the molecule is COC(=O)CNC(=O)CC/C(C)=C/Cc1c(O)c2c(c(C)c1OC)COC2=O. The number of amides is 1. The van der Waals surface area contributed by atoms with Crippen LogP contribution in [0.25, 0.3) is 0 Å². The zero-order valence-corrected chi connectivity index (χ0v) is 16.5. The Morgan fingerprint density at radius 3 is 2.64 bits per heavy atom. The quantitative estimate of drug-likeness (QED) is 0.514. The van der Waals surface area contributed by atoms with E-state index in [9.17, 15) is 19.5 Å². The third-order valence-electron chi connectivity index (χ3n) is 4.71. The highest BCUT2D eigenvalue weighted by atomic mass is 16.5. The number of rotatable bonds is 8. The number of ether oxygens (including phenoxy) is 3. The minimum absolute atomic E-state index is 0.125. The van der Waals surface area contributed by atoms with Gasteiger partial charge in [-0.05, 0) is 32.3 Å². The molecule has 1 aromatic rings. The van der Waals surface area contributed by atoms with E-state index in [0.29, 0.717) is 29.7 Å². The number of nitrogens with one attached hydrogen (secondary N) is 1. The number of methoxy groups -OCH3 is 2. The van der Waals surface area contributed by atoms with Crippen LogP contribution >= 0.6 is 0 Å². The fraction of sp³-hybridized carbons (Fsp3) is 0.450. The average molecular weight is 391 g/mol. The Morgan fingerprint density at radius 1 is 1.29 bits per heavy atom. The van der Waals surface area contributed by atoms with Crippen LogP contribution in [0, 0.1) is 6.92 Å². The van der Waals surface area contributed by atoms with Crippen LogP contribution in [0.4, 0.5) is 0 Å². The van der Waals surface area contributed by atoms with Crippen molar-refractivity contribution < 1.29 is 33.7 Å². The Hall–Kier alpha value is -3.03. The van der Waals surface area contributed by atoms with Crippen LogP contribution in [0.2, 0.25) is 0 Å². The fourth-order valence-electron chi connectivity index (χ4n) is 3.05. The number of aromatic hydroxyl groups is 1. The minimum atomic E-state index is -0.539. The third-order valence-corrected chi connectivity index (χ3v) is 4.71. The van der Waals surface area contributed by atoms with Crippen molar-refractivity contribution in [2.24, 2.45) is 0 Å². The predicted octanol–water partition coefficient (Wildman–Crippen LogP) is 1.94. The van der Waals surface area contributed by atoms with Crippen molar-refractivity contribution >= 4 is 17.8 Å². The number of phenols is 1. The maximum absolute atomic E-state index is 11.9. The summed E-state index contributed by atoms with van der Waals surface area (Å²) in [6.07, 6.45) is 2.92. The summed E-state index contributed by atoms with van der Waals surface area (Å²) in [5.41, 5.74) is 3.04. The lowest BCUT2D eigenvalue weighted by Crippen LogP contribution is -2.29. The average Bonchev–Trinajstić information content (AvgIpc) is 3.07. The van der Waals surface area contributed by atoms with Gasteiger partial charge < -0.3 is 24.6 Å². The Kier molecular flexibility index (Phi) is 7.03. The molecule has 1 aliphatic rings. The van der Waals surface area contributed by atoms with Crippen molar-refractivity contribution in [1.29, 1.82) is 0 Å². The molecule has 0 atom stereocenters. The number of fused-ring (bicyclic) bond motifs is 1. The van der Waals surface area contributed by atoms with E-state index in [2.05, 4.69) is 10.1 Å². The summed E-state index contributed by atoms with van der Waals surface area (Å²) < 4.78 is 14.9. The van der Waals surface area contributed by atoms with E-state index in [0.717, 1.165) is 11.1 Å². The predicted molar refractivity (Wildman–Crippen MR) is 100 cm³/mol. The number of phenolic OH excluding ortho intramolecular Hbond substituents is 1. The Morgan fingerprint density at radius 2 is 2.00 bits per heavy atom. The van der Waals surface area contributed by atoms with Gasteiger partial charge in [-0.1, -0.05) is 11.6 Å². The van der Waals surface area contributed by atoms with Crippen molar-refractivity contribution in [3.05, 3.63) is 33.9 Å². The van der Waals surface area contributed by atoms with Crippen LogP contribution < -0.4 is 10.1 Å². The highest BCUT2D eigenvalue weighted by Crippen LogP contribution is 2.42. The van der Waals surface area contributed by atoms with Crippen LogP contribution in [0.5, 0.6) is 11.5 Å². The van der Waals surface area contributed by atoms with Gasteiger partial charge in [0.15, 0.2) is 0 Å². The first-order valence-corrected chi connectivity index (χ1v) is 8.87. The lowest BCUT2D eigenvalue weighted by Gasteiger charge is -2.15. The summed E-state index contributed by atoms with van der Waals surface area (Å²) in [4.78, 5) is 34.7. The van der Waals surface area contributed by atoms with Crippen LogP contribution in [0.1, 0.15) is 46.8 Å². The molecule has 0 bridgehead atoms. The zero-order chi connectivity index (χ0) is 20.8. The van der Waals surface area contributed by atoms with E-state index in [-0.39, 0.29) is 36.8 Å². The number of carbonyl (C=O) groups is 3. The Bertz CT molecular complexity index is 827. The first kappa shape index (κ1) is 21.3. The van der Waals surface area contributed by atoms with Gasteiger partial charge in [0.05, 0.1) is 14.2 Å². The van der Waals surface area contributed by atoms with Gasteiger partial charge in [-0.25, -0.2) is 4.79 Å². The van der Waals surface area contributed by atoms with E-state index < -0.39 is 11.9 Å². The monoisotopic (exact) mass is 391 g/mol. The second kappa shape index (κ2) is 9.25. The van der Waals surface area contributed by atoms with Crippen molar-refractivity contribution in [1.82, 2.24) is 5.32 Å². The van der Waals surface area contributed by atoms with Crippen LogP contribution in [0.3, 0.4) is 0 Å². The molecule has 1 heterocycles. The Balaban J connectivity index is 2.08. The molecule has 2 rings (SSSR count). The van der Waals surface area contributed by atoms with Gasteiger partial charge in [0.1, 0.15) is 30.2 Å². The van der Waals surface area contributed by atoms with Gasteiger partial charge >= 0.3 is 11.9 Å². The van der Waals surface area contributed by atoms with Crippen molar-refractivity contribution in [3.63, 3.8) is 0 Å². The summed E-state index contributed by atoms with van der Waals surface area (Å²) in [5, 5.41) is 13.1. The van der Waals surface area contributed by atoms with Crippen LogP contribution in [-0.4, -0.2) is 43.7 Å². The molecule has 0 aromatic heterocycles. The van der Waals surface area contributed by atoms with Gasteiger partial charge in [-0.15, -0.1) is 0 Å². The molecule has 0 fully saturated rings. The van der Waals surface area contributed by atoms with Crippen LogP contribution in [-0.2, 0) is 32.1 Å². The van der Waals surface area contributed by atoms with E-state index in [1.807, 2.05) is 19.9 Å². The highest BCUT2D eigenvalue weighted by molar-refractivity contribution is 5.98. The van der Waals surface area contributed by atoms with E-state index in [1.165, 1.54) is 14.2 Å². The zero-order valence-electron chi connectivity index (χ0n) is 16.5. The van der Waals surface area contributed by atoms with Crippen molar-refractivity contribution in [3.8, 4) is 11.5 Å². The molecule has 1 aliphatic heterocycles.